The highest BCUT2D eigenvalue weighted by molar-refractivity contribution is 7.92. The Morgan fingerprint density at radius 3 is 2.80 bits per heavy atom. The number of imidazole rings is 1. The van der Waals surface area contributed by atoms with Gasteiger partial charge in [-0.25, -0.2) is 9.50 Å². The van der Waals surface area contributed by atoms with E-state index in [1.54, 1.807) is 18.3 Å². The number of nitrogens with zero attached hydrogens (tertiary/aromatic N) is 7. The van der Waals surface area contributed by atoms with E-state index in [0.717, 1.165) is 9.78 Å². The molecule has 9 heteroatoms. The minimum Gasteiger partial charge on any atom is -0.251 e. The molecule has 0 N–H and O–H groups in total. The highest BCUT2D eigenvalue weighted by Crippen LogP contribution is 2.30. The number of nitriles is 1. The molecule has 25 heavy (non-hydrogen) atoms. The summed E-state index contributed by atoms with van der Waals surface area (Å²) in [5.41, 5.74) is 4.00. The average molecular weight is 351 g/mol. The van der Waals surface area contributed by atoms with Crippen LogP contribution in [0.15, 0.2) is 42.7 Å². The minimum atomic E-state index is -0.0112. The molecular formula is C16H10FN7S. The van der Waals surface area contributed by atoms with E-state index in [9.17, 15) is 3.89 Å². The lowest BCUT2D eigenvalue weighted by Gasteiger charge is -2.03. The van der Waals surface area contributed by atoms with Gasteiger partial charge in [-0.1, -0.05) is 6.07 Å². The van der Waals surface area contributed by atoms with Gasteiger partial charge in [-0.2, -0.15) is 19.5 Å². The van der Waals surface area contributed by atoms with Gasteiger partial charge in [0.1, 0.15) is 11.8 Å². The van der Waals surface area contributed by atoms with Crippen LogP contribution in [0.2, 0.25) is 0 Å². The fourth-order valence-electron chi connectivity index (χ4n) is 2.53. The molecule has 0 saturated carbocycles. The van der Waals surface area contributed by atoms with E-state index >= 15 is 0 Å². The molecule has 4 rings (SSSR count). The maximum absolute atomic E-state index is 13.1. The van der Waals surface area contributed by atoms with Crippen LogP contribution in [0.25, 0.3) is 28.3 Å². The number of halogens is 1. The topological polar surface area (TPSA) is 84.7 Å². The Morgan fingerprint density at radius 1 is 1.16 bits per heavy atom. The molecule has 4 heterocycles. The van der Waals surface area contributed by atoms with Crippen LogP contribution in [-0.2, 0) is 0 Å². The standard InChI is InChI=1S/C16H10FN7S/c1-10-3-2-4-14(20-10)16-12(9-23(22-16)25-17)13-5-6-15-19-8-11(7-18)24(15)21-13/h2-6,8-9H,1H3. The van der Waals surface area contributed by atoms with Gasteiger partial charge in [-0.15, -0.1) is 3.89 Å². The molecule has 0 radical (unpaired) electrons. The van der Waals surface area contributed by atoms with Gasteiger partial charge in [-0.05, 0) is 31.2 Å². The number of fused-ring (bicyclic) bond motifs is 1. The predicted molar refractivity (Wildman–Crippen MR) is 91.0 cm³/mol. The smallest absolute Gasteiger partial charge is 0.187 e. The Bertz CT molecular complexity index is 1130. The summed E-state index contributed by atoms with van der Waals surface area (Å²) in [4.78, 5) is 8.57. The highest BCUT2D eigenvalue weighted by Gasteiger charge is 2.17. The second-order valence-electron chi connectivity index (χ2n) is 5.27. The lowest BCUT2D eigenvalue weighted by atomic mass is 10.1. The first-order valence-electron chi connectivity index (χ1n) is 7.27. The van der Waals surface area contributed by atoms with Gasteiger partial charge < -0.3 is 0 Å². The lowest BCUT2D eigenvalue weighted by molar-refractivity contribution is 0.878. The van der Waals surface area contributed by atoms with Crippen molar-refractivity contribution in [1.29, 1.82) is 5.26 Å². The van der Waals surface area contributed by atoms with Crippen molar-refractivity contribution in [3.63, 3.8) is 0 Å². The first kappa shape index (κ1) is 15.3. The van der Waals surface area contributed by atoms with Crippen molar-refractivity contribution in [3.05, 3.63) is 54.1 Å². The zero-order chi connectivity index (χ0) is 17.4. The molecule has 122 valence electrons. The average Bonchev–Trinajstić information content (AvgIpc) is 3.25. The number of aromatic nitrogens is 6. The molecule has 0 spiro atoms. The molecule has 0 unspecified atom stereocenters. The minimum absolute atomic E-state index is 0.0112. The van der Waals surface area contributed by atoms with Gasteiger partial charge >= 0.3 is 0 Å². The summed E-state index contributed by atoms with van der Waals surface area (Å²) in [6, 6.07) is 11.1. The van der Waals surface area contributed by atoms with Crippen molar-refractivity contribution in [3.8, 4) is 28.7 Å². The third-order valence-electron chi connectivity index (χ3n) is 3.65. The van der Waals surface area contributed by atoms with Gasteiger partial charge in [0, 0.05) is 5.69 Å². The van der Waals surface area contributed by atoms with Gasteiger partial charge in [0.25, 0.3) is 0 Å². The van der Waals surface area contributed by atoms with E-state index in [2.05, 4.69) is 20.2 Å². The SMILES string of the molecule is Cc1cccc(-c2nn(SF)cc2-c2ccc3ncc(C#N)n3n2)n1. The molecule has 0 aliphatic carbocycles. The zero-order valence-corrected chi connectivity index (χ0v) is 13.8. The van der Waals surface area contributed by atoms with Crippen LogP contribution in [0.4, 0.5) is 3.89 Å². The van der Waals surface area contributed by atoms with Crippen LogP contribution >= 0.6 is 12.3 Å². The molecule has 7 nitrogen and oxygen atoms in total. The lowest BCUT2D eigenvalue weighted by Crippen LogP contribution is -1.97. The van der Waals surface area contributed by atoms with E-state index in [0.29, 0.717) is 34.0 Å². The molecule has 0 saturated heterocycles. The third-order valence-corrected chi connectivity index (χ3v) is 3.98. The summed E-state index contributed by atoms with van der Waals surface area (Å²) >= 11 is -0.0112. The maximum Gasteiger partial charge on any atom is 0.187 e. The summed E-state index contributed by atoms with van der Waals surface area (Å²) in [6.45, 7) is 1.87. The van der Waals surface area contributed by atoms with Crippen molar-refractivity contribution in [2.75, 3.05) is 0 Å². The number of hydrogen-bond donors (Lipinski definition) is 0. The molecule has 4 aromatic rings. The Morgan fingerprint density at radius 2 is 2.04 bits per heavy atom. The number of aryl methyl sites for hydroxylation is 1. The summed E-state index contributed by atoms with van der Waals surface area (Å²) in [5, 5.41) is 17.9. The van der Waals surface area contributed by atoms with Crippen molar-refractivity contribution >= 4 is 18.0 Å². The maximum atomic E-state index is 13.1. The van der Waals surface area contributed by atoms with Crippen molar-refractivity contribution < 1.29 is 3.89 Å². The van der Waals surface area contributed by atoms with Crippen molar-refractivity contribution in [2.45, 2.75) is 6.92 Å². The van der Waals surface area contributed by atoms with Gasteiger partial charge in [0.05, 0.1) is 29.3 Å². The molecule has 4 aromatic heterocycles. The van der Waals surface area contributed by atoms with Crippen LogP contribution in [0, 0.1) is 18.3 Å². The Kier molecular flexibility index (Phi) is 3.66. The zero-order valence-electron chi connectivity index (χ0n) is 13.0. The molecule has 0 bridgehead atoms. The van der Waals surface area contributed by atoms with Gasteiger partial charge in [0.15, 0.2) is 23.7 Å². The number of hydrogen-bond acceptors (Lipinski definition) is 6. The summed E-state index contributed by atoms with van der Waals surface area (Å²) < 4.78 is 15.6. The first-order chi connectivity index (χ1) is 12.2. The highest BCUT2D eigenvalue weighted by atomic mass is 32.2. The normalized spacial score (nSPS) is 10.9. The van der Waals surface area contributed by atoms with E-state index in [4.69, 9.17) is 5.26 Å². The third kappa shape index (κ3) is 2.62. The van der Waals surface area contributed by atoms with E-state index in [-0.39, 0.29) is 12.3 Å². The Balaban J connectivity index is 1.93. The van der Waals surface area contributed by atoms with Gasteiger partial charge in [0.2, 0.25) is 0 Å². The van der Waals surface area contributed by atoms with Crippen LogP contribution in [0.5, 0.6) is 0 Å². The molecular weight excluding hydrogens is 341 g/mol. The first-order valence-corrected chi connectivity index (χ1v) is 7.95. The van der Waals surface area contributed by atoms with Crippen LogP contribution in [0.3, 0.4) is 0 Å². The fraction of sp³-hybridized carbons (Fsp3) is 0.0625. The number of pyridine rings is 1. The molecule has 0 amide bonds. The Labute approximate surface area is 146 Å². The monoisotopic (exact) mass is 351 g/mol. The predicted octanol–water partition coefficient (Wildman–Crippen LogP) is 3.22. The summed E-state index contributed by atoms with van der Waals surface area (Å²) in [5.74, 6) is 0. The molecule has 0 aromatic carbocycles. The van der Waals surface area contributed by atoms with Crippen molar-refractivity contribution in [2.24, 2.45) is 0 Å². The molecule has 0 atom stereocenters. The van der Waals surface area contributed by atoms with Gasteiger partial charge in [-0.3, -0.25) is 4.98 Å². The quantitative estimate of drug-likeness (QED) is 0.563. The Hall–Kier alpha value is -3.25. The van der Waals surface area contributed by atoms with E-state index in [1.807, 2.05) is 31.2 Å². The molecule has 0 aliphatic rings. The summed E-state index contributed by atoms with van der Waals surface area (Å²) in [6.07, 6.45) is 3.00. The largest absolute Gasteiger partial charge is 0.251 e. The molecule has 0 aliphatic heterocycles. The van der Waals surface area contributed by atoms with Crippen LogP contribution < -0.4 is 0 Å². The molecule has 0 fully saturated rings. The number of rotatable bonds is 3. The van der Waals surface area contributed by atoms with Crippen molar-refractivity contribution in [1.82, 2.24) is 28.8 Å². The summed E-state index contributed by atoms with van der Waals surface area (Å²) in [7, 11) is 0. The van der Waals surface area contributed by atoms with Crippen LogP contribution in [0.1, 0.15) is 11.4 Å². The second-order valence-corrected chi connectivity index (χ2v) is 5.78. The van der Waals surface area contributed by atoms with Crippen LogP contribution in [-0.4, -0.2) is 28.8 Å². The fourth-order valence-corrected chi connectivity index (χ4v) is 2.79. The van der Waals surface area contributed by atoms with E-state index in [1.165, 1.54) is 10.7 Å². The van der Waals surface area contributed by atoms with E-state index < -0.39 is 0 Å². The second kappa shape index (κ2) is 5.99.